The molecule has 1 aliphatic rings. The minimum absolute atomic E-state index is 0. The standard InChI is InChI=1S/C14H15ClN2S.BrH/c1-2-17-13(10-3-5-11(15)6-4-10)9-18-14(17)16-12-7-8-12;/h3-6,9,12H,2,7-8H2,1H3;1H. The fraction of sp³-hybridized carbons (Fsp3) is 0.357. The lowest BCUT2D eigenvalue weighted by atomic mass is 10.2. The minimum atomic E-state index is 0. The van der Waals surface area contributed by atoms with Gasteiger partial charge in [0.05, 0.1) is 12.6 Å². The highest BCUT2D eigenvalue weighted by molar-refractivity contribution is 7.13. The van der Waals surface area contributed by atoms with E-state index in [-0.39, 0.29) is 17.0 Å². The van der Waals surface area contributed by atoms with Crippen LogP contribution in [0.4, 0.5) is 5.13 Å². The van der Waals surface area contributed by atoms with Gasteiger partial charge in [0.25, 0.3) is 0 Å². The van der Waals surface area contributed by atoms with Crippen LogP contribution in [0, 0.1) is 0 Å². The van der Waals surface area contributed by atoms with E-state index in [0.29, 0.717) is 6.04 Å². The number of anilines is 1. The molecule has 0 spiro atoms. The molecular weight excluding hydrogens is 344 g/mol. The van der Waals surface area contributed by atoms with Gasteiger partial charge >= 0.3 is 5.13 Å². The molecule has 1 aliphatic carbocycles. The lowest BCUT2D eigenvalue weighted by Crippen LogP contribution is -3.00. The summed E-state index contributed by atoms with van der Waals surface area (Å²) in [7, 11) is 0. The molecule has 3 rings (SSSR count). The van der Waals surface area contributed by atoms with E-state index in [2.05, 4.69) is 34.3 Å². The van der Waals surface area contributed by atoms with Crippen LogP contribution < -0.4 is 26.9 Å². The summed E-state index contributed by atoms with van der Waals surface area (Å²) in [6.45, 7) is 3.17. The second-order valence-electron chi connectivity index (χ2n) is 4.60. The molecule has 19 heavy (non-hydrogen) atoms. The largest absolute Gasteiger partial charge is 1.00 e. The highest BCUT2D eigenvalue weighted by Gasteiger charge is 2.29. The normalized spacial score (nSPS) is 14.0. The average Bonchev–Trinajstić information content (AvgIpc) is 3.09. The molecule has 2 nitrogen and oxygen atoms in total. The Hall–Kier alpha value is -0.580. The van der Waals surface area contributed by atoms with Crippen molar-refractivity contribution in [3.8, 4) is 11.3 Å². The van der Waals surface area contributed by atoms with E-state index in [1.54, 1.807) is 11.3 Å². The zero-order valence-electron chi connectivity index (χ0n) is 10.7. The van der Waals surface area contributed by atoms with Gasteiger partial charge in [-0.2, -0.15) is 0 Å². The molecule has 102 valence electrons. The maximum absolute atomic E-state index is 5.94. The van der Waals surface area contributed by atoms with Crippen LogP contribution in [0.5, 0.6) is 0 Å². The van der Waals surface area contributed by atoms with Crippen LogP contribution in [0.15, 0.2) is 29.6 Å². The van der Waals surface area contributed by atoms with Crippen molar-refractivity contribution in [1.82, 2.24) is 0 Å². The SMILES string of the molecule is CC[n+]1c(-c2ccc(Cl)cc2)csc1NC1CC1.[Br-]. The molecule has 0 saturated heterocycles. The van der Waals surface area contributed by atoms with E-state index in [4.69, 9.17) is 11.6 Å². The summed E-state index contributed by atoms with van der Waals surface area (Å²) in [4.78, 5) is 0. The molecule has 1 N–H and O–H groups in total. The van der Waals surface area contributed by atoms with Gasteiger partial charge in [-0.3, -0.25) is 5.32 Å². The summed E-state index contributed by atoms with van der Waals surface area (Å²) < 4.78 is 2.34. The van der Waals surface area contributed by atoms with E-state index in [1.807, 2.05) is 12.1 Å². The number of rotatable bonds is 4. The van der Waals surface area contributed by atoms with Crippen LogP contribution in [-0.4, -0.2) is 6.04 Å². The third kappa shape index (κ3) is 3.30. The van der Waals surface area contributed by atoms with Gasteiger partial charge in [-0.05, 0) is 44.0 Å². The van der Waals surface area contributed by atoms with Crippen molar-refractivity contribution >= 4 is 28.1 Å². The Morgan fingerprint density at radius 2 is 2.00 bits per heavy atom. The number of benzene rings is 1. The second-order valence-corrected chi connectivity index (χ2v) is 5.89. The minimum Gasteiger partial charge on any atom is -1.00 e. The molecule has 0 unspecified atom stereocenters. The Bertz CT molecular complexity index is 549. The van der Waals surface area contributed by atoms with Crippen LogP contribution in [0.1, 0.15) is 19.8 Å². The van der Waals surface area contributed by atoms with Gasteiger partial charge in [-0.1, -0.05) is 22.9 Å². The van der Waals surface area contributed by atoms with Gasteiger partial charge in [0.15, 0.2) is 0 Å². The van der Waals surface area contributed by atoms with E-state index >= 15 is 0 Å². The number of thiazole rings is 1. The Morgan fingerprint density at radius 1 is 1.32 bits per heavy atom. The van der Waals surface area contributed by atoms with Crippen LogP contribution in [0.3, 0.4) is 0 Å². The van der Waals surface area contributed by atoms with Crippen molar-refractivity contribution in [2.24, 2.45) is 0 Å². The van der Waals surface area contributed by atoms with Gasteiger partial charge < -0.3 is 17.0 Å². The fourth-order valence-corrected chi connectivity index (χ4v) is 3.22. The molecule has 5 heteroatoms. The van der Waals surface area contributed by atoms with E-state index in [1.165, 1.54) is 29.2 Å². The monoisotopic (exact) mass is 358 g/mol. The highest BCUT2D eigenvalue weighted by Crippen LogP contribution is 2.29. The van der Waals surface area contributed by atoms with Crippen LogP contribution in [0.2, 0.25) is 5.02 Å². The van der Waals surface area contributed by atoms with Gasteiger partial charge in [0.1, 0.15) is 5.69 Å². The fourth-order valence-electron chi connectivity index (χ4n) is 2.02. The average molecular weight is 360 g/mol. The topological polar surface area (TPSA) is 15.9 Å². The number of nitrogens with one attached hydrogen (secondary N) is 1. The maximum Gasteiger partial charge on any atom is 0.334 e. The van der Waals surface area contributed by atoms with Gasteiger partial charge in [0, 0.05) is 16.0 Å². The van der Waals surface area contributed by atoms with E-state index < -0.39 is 0 Å². The molecule has 1 heterocycles. The molecule has 0 radical (unpaired) electrons. The number of halogens is 2. The molecule has 1 fully saturated rings. The third-order valence-corrected chi connectivity index (χ3v) is 4.33. The molecule has 0 aliphatic heterocycles. The summed E-state index contributed by atoms with van der Waals surface area (Å²) in [5.41, 5.74) is 2.49. The first-order chi connectivity index (χ1) is 8.78. The van der Waals surface area contributed by atoms with Crippen molar-refractivity contribution in [3.05, 3.63) is 34.7 Å². The Balaban J connectivity index is 0.00000133. The number of aromatic nitrogens is 1. The van der Waals surface area contributed by atoms with E-state index in [9.17, 15) is 0 Å². The predicted molar refractivity (Wildman–Crippen MR) is 77.3 cm³/mol. The van der Waals surface area contributed by atoms with Crippen LogP contribution in [-0.2, 0) is 6.54 Å². The Kier molecular flexibility index (Phi) is 4.87. The van der Waals surface area contributed by atoms with E-state index in [0.717, 1.165) is 11.6 Å². The number of hydrogen-bond acceptors (Lipinski definition) is 2. The smallest absolute Gasteiger partial charge is 0.334 e. The quantitative estimate of drug-likeness (QED) is 0.804. The molecule has 1 saturated carbocycles. The molecule has 2 aromatic rings. The third-order valence-electron chi connectivity index (χ3n) is 3.18. The Labute approximate surface area is 133 Å². The Morgan fingerprint density at radius 3 is 2.58 bits per heavy atom. The number of nitrogens with zero attached hydrogens (tertiary/aromatic N) is 1. The van der Waals surface area contributed by atoms with Crippen molar-refractivity contribution in [2.75, 3.05) is 5.32 Å². The predicted octanol–water partition coefficient (Wildman–Crippen LogP) is 0.954. The first kappa shape index (κ1) is 14.8. The second kappa shape index (κ2) is 6.25. The van der Waals surface area contributed by atoms with Crippen molar-refractivity contribution in [2.45, 2.75) is 32.4 Å². The molecular formula is C14H16BrClN2S. The summed E-state index contributed by atoms with van der Waals surface area (Å²) in [5, 5.41) is 7.87. The van der Waals surface area contributed by atoms with Crippen LogP contribution in [0.25, 0.3) is 11.3 Å². The summed E-state index contributed by atoms with van der Waals surface area (Å²) in [5.74, 6) is 0. The molecule has 0 bridgehead atoms. The summed E-state index contributed by atoms with van der Waals surface area (Å²) in [6.07, 6.45) is 2.61. The molecule has 0 amide bonds. The number of hydrogen-bond donors (Lipinski definition) is 1. The van der Waals surface area contributed by atoms with Crippen molar-refractivity contribution in [1.29, 1.82) is 0 Å². The van der Waals surface area contributed by atoms with Crippen LogP contribution >= 0.6 is 22.9 Å². The maximum atomic E-state index is 5.94. The van der Waals surface area contributed by atoms with Gasteiger partial charge in [-0.25, -0.2) is 4.57 Å². The zero-order valence-corrected chi connectivity index (χ0v) is 13.9. The van der Waals surface area contributed by atoms with Gasteiger partial charge in [0.2, 0.25) is 0 Å². The lowest BCUT2D eigenvalue weighted by molar-refractivity contribution is -0.664. The molecule has 1 aromatic heterocycles. The summed E-state index contributed by atoms with van der Waals surface area (Å²) >= 11 is 7.73. The lowest BCUT2D eigenvalue weighted by Gasteiger charge is -2.03. The van der Waals surface area contributed by atoms with Gasteiger partial charge in [-0.15, -0.1) is 0 Å². The first-order valence-corrected chi connectivity index (χ1v) is 7.57. The highest BCUT2D eigenvalue weighted by atomic mass is 79.9. The van der Waals surface area contributed by atoms with Crippen molar-refractivity contribution in [3.63, 3.8) is 0 Å². The molecule has 0 atom stereocenters. The van der Waals surface area contributed by atoms with Crippen molar-refractivity contribution < 1.29 is 21.5 Å². The summed E-state index contributed by atoms with van der Waals surface area (Å²) in [6, 6.07) is 8.75. The molecule has 1 aromatic carbocycles. The zero-order chi connectivity index (χ0) is 12.5. The first-order valence-electron chi connectivity index (χ1n) is 6.31.